The molecule has 0 saturated carbocycles. The van der Waals surface area contributed by atoms with Crippen LogP contribution in [0.25, 0.3) is 189 Å². The standard InChI is InChI=1S/C99H67N7/c1-98(2)83-34-14-8-28-71(83)73-50-44-69(58-85(73)98)105-89-38-18-12-32-77(89)81-48-42-63(56-93(81)105)61-40-46-79-75-30-10-16-36-87(75)103(91(79)54-61)67-26-20-24-65(52-67)96-100-95(60-22-6-5-7-23-60)101-97(102-96)66-25-21-27-68(53-66)104-88-37-17-11-31-76(88)80-47-41-62(55-92(80)104)64-43-49-82-78-33-13-19-39-90(78)106(94(82)57-64)70-45-51-74-72-29-9-15-35-84(72)99(3,4)86(74)59-70/h5-59H,1-4H3. The second-order valence-electron chi connectivity index (χ2n) is 29.9. The van der Waals surface area contributed by atoms with Crippen molar-refractivity contribution in [3.63, 3.8) is 0 Å². The third-order valence-electron chi connectivity index (χ3n) is 23.4. The summed E-state index contributed by atoms with van der Waals surface area (Å²) in [5.41, 5.74) is 31.3. The molecule has 15 aromatic carbocycles. The Hall–Kier alpha value is -13.5. The van der Waals surface area contributed by atoms with E-state index in [-0.39, 0.29) is 10.8 Å². The van der Waals surface area contributed by atoms with Crippen LogP contribution in [0, 0.1) is 0 Å². The van der Waals surface area contributed by atoms with Crippen LogP contribution < -0.4 is 0 Å². The molecule has 0 amide bonds. The summed E-state index contributed by atoms with van der Waals surface area (Å²) in [4.78, 5) is 16.1. The quantitative estimate of drug-likeness (QED) is 0.145. The normalized spacial score (nSPS) is 13.4. The van der Waals surface area contributed by atoms with Crippen molar-refractivity contribution in [3.8, 4) is 101 Å². The van der Waals surface area contributed by atoms with E-state index in [9.17, 15) is 0 Å². The summed E-state index contributed by atoms with van der Waals surface area (Å²) >= 11 is 0. The van der Waals surface area contributed by atoms with E-state index in [1.165, 1.54) is 110 Å². The average Bonchev–Trinajstić information content (AvgIpc) is 1.57. The predicted octanol–water partition coefficient (Wildman–Crippen LogP) is 25.2. The van der Waals surface area contributed by atoms with Crippen LogP contribution in [0.15, 0.2) is 334 Å². The van der Waals surface area contributed by atoms with Gasteiger partial charge in [0.2, 0.25) is 0 Å². The Balaban J connectivity index is 0.646. The molecular formula is C99H67N7. The lowest BCUT2D eigenvalue weighted by molar-refractivity contribution is 0.660. The topological polar surface area (TPSA) is 58.4 Å². The molecule has 7 nitrogen and oxygen atoms in total. The maximum absolute atomic E-state index is 5.46. The Morgan fingerprint density at radius 1 is 0.189 bits per heavy atom. The predicted molar refractivity (Wildman–Crippen MR) is 439 cm³/mol. The van der Waals surface area contributed by atoms with Crippen molar-refractivity contribution < 1.29 is 0 Å². The van der Waals surface area contributed by atoms with Crippen LogP contribution in [0.3, 0.4) is 0 Å². The van der Waals surface area contributed by atoms with Crippen molar-refractivity contribution in [2.75, 3.05) is 0 Å². The molecule has 0 radical (unpaired) electrons. The fourth-order valence-corrected chi connectivity index (χ4v) is 18.3. The Kier molecular flexibility index (Phi) is 12.8. The number of benzene rings is 15. The van der Waals surface area contributed by atoms with Crippen molar-refractivity contribution in [1.29, 1.82) is 0 Å². The fraction of sp³-hybridized carbons (Fsp3) is 0.0606. The molecule has 5 heterocycles. The van der Waals surface area contributed by atoms with Gasteiger partial charge >= 0.3 is 0 Å². The third kappa shape index (κ3) is 8.83. The van der Waals surface area contributed by atoms with Gasteiger partial charge in [0.25, 0.3) is 0 Å². The molecule has 0 fully saturated rings. The molecular weight excluding hydrogens is 1290 g/mol. The monoisotopic (exact) mass is 1350 g/mol. The highest BCUT2D eigenvalue weighted by Gasteiger charge is 2.37. The SMILES string of the molecule is CC1(C)c2ccccc2-c2ccc(-n3c4ccccc4c4ccc(-c5ccc6c7ccccc7n(-c7cccc(-c8nc(-c9ccccc9)nc(-c9cccc(-n%10c%11ccccc%11c%11ccc(-c%12ccc%13c%14ccccc%14n(-c%14ccc%15c(c%14)C(C)(C)c%14ccccc%14-%15)c%13c%12)cc%11%10)c9)n8)c7)c6c5)cc43)cc21. The first kappa shape index (κ1) is 60.1. The second-order valence-corrected chi connectivity index (χ2v) is 29.9. The highest BCUT2D eigenvalue weighted by Crippen LogP contribution is 2.52. The van der Waals surface area contributed by atoms with Crippen LogP contribution in [0.4, 0.5) is 0 Å². The zero-order chi connectivity index (χ0) is 70.3. The first-order valence-electron chi connectivity index (χ1n) is 36.7. The minimum Gasteiger partial charge on any atom is -0.309 e. The summed E-state index contributed by atoms with van der Waals surface area (Å²) in [6.45, 7) is 9.45. The third-order valence-corrected chi connectivity index (χ3v) is 23.4. The molecule has 0 aliphatic heterocycles. The van der Waals surface area contributed by atoms with Crippen LogP contribution in [-0.2, 0) is 10.8 Å². The van der Waals surface area contributed by atoms with Gasteiger partial charge in [-0.2, -0.15) is 0 Å². The van der Waals surface area contributed by atoms with Crippen molar-refractivity contribution in [2.45, 2.75) is 38.5 Å². The summed E-state index contributed by atoms with van der Waals surface area (Å²) in [6.07, 6.45) is 0. The minimum absolute atomic E-state index is 0.127. The minimum atomic E-state index is -0.127. The van der Waals surface area contributed by atoms with Gasteiger partial charge in [-0.1, -0.05) is 264 Å². The molecule has 0 bridgehead atoms. The molecule has 20 aromatic rings. The number of rotatable bonds is 9. The summed E-state index contributed by atoms with van der Waals surface area (Å²) < 4.78 is 9.76. The van der Waals surface area contributed by atoms with E-state index in [2.05, 4.69) is 361 Å². The summed E-state index contributed by atoms with van der Waals surface area (Å²) in [5, 5.41) is 9.65. The molecule has 5 aromatic heterocycles. The number of hydrogen-bond donors (Lipinski definition) is 0. The molecule has 2 aliphatic carbocycles. The van der Waals surface area contributed by atoms with Crippen LogP contribution in [-0.4, -0.2) is 33.2 Å². The van der Waals surface area contributed by atoms with E-state index in [0.717, 1.165) is 83.8 Å². The van der Waals surface area contributed by atoms with E-state index in [0.29, 0.717) is 17.5 Å². The number of para-hydroxylation sites is 4. The van der Waals surface area contributed by atoms with E-state index in [1.807, 2.05) is 18.2 Å². The van der Waals surface area contributed by atoms with Gasteiger partial charge in [0.1, 0.15) is 0 Å². The molecule has 0 N–H and O–H groups in total. The molecule has 22 rings (SSSR count). The van der Waals surface area contributed by atoms with Crippen molar-refractivity contribution in [2.24, 2.45) is 0 Å². The first-order valence-corrected chi connectivity index (χ1v) is 36.7. The molecule has 7 heteroatoms. The average molecular weight is 1350 g/mol. The van der Waals surface area contributed by atoms with Gasteiger partial charge in [-0.15, -0.1) is 0 Å². The van der Waals surface area contributed by atoms with Crippen molar-refractivity contribution >= 4 is 87.2 Å². The molecule has 0 spiro atoms. The Bertz CT molecular complexity index is 6750. The van der Waals surface area contributed by atoms with Crippen LogP contribution in [0.2, 0.25) is 0 Å². The fourth-order valence-electron chi connectivity index (χ4n) is 18.3. The lowest BCUT2D eigenvalue weighted by Crippen LogP contribution is -2.15. The van der Waals surface area contributed by atoms with Gasteiger partial charge in [-0.3, -0.25) is 0 Å². The zero-order valence-corrected chi connectivity index (χ0v) is 58.9. The van der Waals surface area contributed by atoms with E-state index < -0.39 is 0 Å². The van der Waals surface area contributed by atoms with Crippen molar-refractivity contribution in [3.05, 3.63) is 356 Å². The highest BCUT2D eigenvalue weighted by atomic mass is 15.0. The second kappa shape index (κ2) is 22.5. The molecule has 498 valence electrons. The van der Waals surface area contributed by atoms with Gasteiger partial charge in [-0.05, 0) is 164 Å². The van der Waals surface area contributed by atoms with Crippen LogP contribution in [0.1, 0.15) is 49.9 Å². The zero-order valence-electron chi connectivity index (χ0n) is 58.9. The summed E-state index contributed by atoms with van der Waals surface area (Å²) in [7, 11) is 0. The first-order chi connectivity index (χ1) is 52.1. The number of hydrogen-bond acceptors (Lipinski definition) is 3. The van der Waals surface area contributed by atoms with E-state index >= 15 is 0 Å². The summed E-state index contributed by atoms with van der Waals surface area (Å²) in [5.74, 6) is 1.77. The van der Waals surface area contributed by atoms with Gasteiger partial charge < -0.3 is 18.3 Å². The molecule has 0 atom stereocenters. The number of nitrogens with zero attached hydrogens (tertiary/aromatic N) is 7. The molecule has 0 unspecified atom stereocenters. The maximum atomic E-state index is 5.46. The molecule has 0 saturated heterocycles. The Morgan fingerprint density at radius 2 is 0.472 bits per heavy atom. The summed E-state index contributed by atoms with van der Waals surface area (Å²) in [6, 6.07) is 123. The van der Waals surface area contributed by atoms with Gasteiger partial charge in [-0.25, -0.2) is 15.0 Å². The highest BCUT2D eigenvalue weighted by molar-refractivity contribution is 6.15. The Morgan fingerprint density at radius 3 is 0.840 bits per heavy atom. The lowest BCUT2D eigenvalue weighted by Gasteiger charge is -2.22. The molecule has 2 aliphatic rings. The largest absolute Gasteiger partial charge is 0.309 e. The maximum Gasteiger partial charge on any atom is 0.164 e. The van der Waals surface area contributed by atoms with E-state index in [4.69, 9.17) is 15.0 Å². The van der Waals surface area contributed by atoms with Crippen LogP contribution >= 0.6 is 0 Å². The van der Waals surface area contributed by atoms with Crippen LogP contribution in [0.5, 0.6) is 0 Å². The van der Waals surface area contributed by atoms with Gasteiger partial charge in [0, 0.05) is 93.4 Å². The van der Waals surface area contributed by atoms with E-state index in [1.54, 1.807) is 0 Å². The van der Waals surface area contributed by atoms with Crippen molar-refractivity contribution in [1.82, 2.24) is 33.2 Å². The number of fused-ring (bicyclic) bond motifs is 18. The Labute approximate surface area is 612 Å². The van der Waals surface area contributed by atoms with Gasteiger partial charge in [0.05, 0.1) is 44.1 Å². The number of aromatic nitrogens is 7. The lowest BCUT2D eigenvalue weighted by atomic mass is 9.82. The molecule has 106 heavy (non-hydrogen) atoms. The van der Waals surface area contributed by atoms with Gasteiger partial charge in [0.15, 0.2) is 17.5 Å². The smallest absolute Gasteiger partial charge is 0.164 e.